The number of nitrogens with zero attached hydrogens (tertiary/aromatic N) is 2. The molecule has 3 rings (SSSR count). The number of amidine groups is 1. The Hall–Kier alpha value is -2.90. The van der Waals surface area contributed by atoms with Crippen LogP contribution < -0.4 is 15.2 Å². The summed E-state index contributed by atoms with van der Waals surface area (Å²) < 4.78 is 10.7. The lowest BCUT2D eigenvalue weighted by Crippen LogP contribution is -2.06. The van der Waals surface area contributed by atoms with Gasteiger partial charge in [0.1, 0.15) is 0 Å². The molecule has 0 unspecified atom stereocenters. The number of ether oxygens (including phenoxy) is 2. The van der Waals surface area contributed by atoms with Gasteiger partial charge in [0, 0.05) is 21.1 Å². The predicted octanol–water partition coefficient (Wildman–Crippen LogP) is 5.44. The molecule has 0 aliphatic heterocycles. The molecular weight excluding hydrogens is 414 g/mol. The van der Waals surface area contributed by atoms with Crippen LogP contribution >= 0.6 is 23.5 Å². The average Bonchev–Trinajstić information content (AvgIpc) is 2.79. The van der Waals surface area contributed by atoms with Gasteiger partial charge in [-0.3, -0.25) is 0 Å². The number of benzene rings is 3. The zero-order valence-corrected chi connectivity index (χ0v) is 18.5. The summed E-state index contributed by atoms with van der Waals surface area (Å²) in [5.41, 5.74) is 8.13. The van der Waals surface area contributed by atoms with E-state index in [2.05, 4.69) is 22.3 Å². The standard InChI is InChI=1S/C23H23N3O2S2/c1-27-20-13-12-19(14-21(20)28-2)30-22-11-7-6-10-18(22)15-25-26-23(24)29-16-17-8-4-3-5-9-17/h3-15H,16H2,1-2H3,(H2,24,26). The molecule has 0 aliphatic rings. The minimum Gasteiger partial charge on any atom is -0.493 e. The van der Waals surface area contributed by atoms with E-state index in [-0.39, 0.29) is 0 Å². The van der Waals surface area contributed by atoms with Crippen molar-refractivity contribution in [3.8, 4) is 11.5 Å². The van der Waals surface area contributed by atoms with Crippen LogP contribution in [0.1, 0.15) is 11.1 Å². The van der Waals surface area contributed by atoms with Crippen LogP contribution in [0.25, 0.3) is 0 Å². The molecule has 0 bridgehead atoms. The lowest BCUT2D eigenvalue weighted by molar-refractivity contribution is 0.354. The summed E-state index contributed by atoms with van der Waals surface area (Å²) in [6.45, 7) is 0. The van der Waals surface area contributed by atoms with Crippen LogP contribution in [0.2, 0.25) is 0 Å². The average molecular weight is 438 g/mol. The fraction of sp³-hybridized carbons (Fsp3) is 0.130. The van der Waals surface area contributed by atoms with E-state index in [0.717, 1.165) is 21.1 Å². The monoisotopic (exact) mass is 437 g/mol. The maximum absolute atomic E-state index is 5.97. The van der Waals surface area contributed by atoms with E-state index in [1.165, 1.54) is 17.3 Å². The third-order valence-corrected chi connectivity index (χ3v) is 6.02. The summed E-state index contributed by atoms with van der Waals surface area (Å²) in [7, 11) is 3.26. The van der Waals surface area contributed by atoms with Crippen molar-refractivity contribution in [2.24, 2.45) is 15.9 Å². The highest BCUT2D eigenvalue weighted by Crippen LogP contribution is 2.36. The Kier molecular flexibility index (Phi) is 8.23. The minimum absolute atomic E-state index is 0.431. The molecule has 154 valence electrons. The Morgan fingerprint density at radius 2 is 1.67 bits per heavy atom. The van der Waals surface area contributed by atoms with E-state index in [4.69, 9.17) is 15.2 Å². The van der Waals surface area contributed by atoms with Crippen molar-refractivity contribution in [1.29, 1.82) is 0 Å². The van der Waals surface area contributed by atoms with Gasteiger partial charge < -0.3 is 15.2 Å². The van der Waals surface area contributed by atoms with Gasteiger partial charge in [0.05, 0.1) is 20.4 Å². The van der Waals surface area contributed by atoms with Crippen molar-refractivity contribution in [2.45, 2.75) is 15.5 Å². The van der Waals surface area contributed by atoms with Gasteiger partial charge in [-0.15, -0.1) is 5.10 Å². The largest absolute Gasteiger partial charge is 0.493 e. The normalized spacial score (nSPS) is 11.6. The smallest absolute Gasteiger partial charge is 0.180 e. The van der Waals surface area contributed by atoms with Crippen molar-refractivity contribution in [3.63, 3.8) is 0 Å². The van der Waals surface area contributed by atoms with Gasteiger partial charge >= 0.3 is 0 Å². The van der Waals surface area contributed by atoms with Crippen molar-refractivity contribution in [2.75, 3.05) is 14.2 Å². The van der Waals surface area contributed by atoms with Crippen LogP contribution in [-0.2, 0) is 5.75 Å². The second-order valence-corrected chi connectivity index (χ2v) is 8.22. The number of hydrogen-bond acceptors (Lipinski definition) is 6. The van der Waals surface area contributed by atoms with Gasteiger partial charge in [-0.2, -0.15) is 5.10 Å². The van der Waals surface area contributed by atoms with E-state index in [1.54, 1.807) is 32.2 Å². The lowest BCUT2D eigenvalue weighted by Gasteiger charge is -2.10. The predicted molar refractivity (Wildman–Crippen MR) is 127 cm³/mol. The third kappa shape index (κ3) is 6.30. The van der Waals surface area contributed by atoms with Gasteiger partial charge in [-0.05, 0) is 29.8 Å². The molecule has 3 aromatic carbocycles. The zero-order chi connectivity index (χ0) is 21.2. The third-order valence-electron chi connectivity index (χ3n) is 4.08. The molecule has 0 aliphatic carbocycles. The second-order valence-electron chi connectivity index (χ2n) is 6.11. The van der Waals surface area contributed by atoms with Crippen molar-refractivity contribution < 1.29 is 9.47 Å². The van der Waals surface area contributed by atoms with E-state index >= 15 is 0 Å². The molecule has 0 heterocycles. The van der Waals surface area contributed by atoms with Crippen LogP contribution in [0.3, 0.4) is 0 Å². The molecule has 7 heteroatoms. The minimum atomic E-state index is 0.431. The highest BCUT2D eigenvalue weighted by atomic mass is 32.2. The molecular formula is C23H23N3O2S2. The molecule has 2 N–H and O–H groups in total. The summed E-state index contributed by atoms with van der Waals surface area (Å²) in [5, 5.41) is 8.72. The molecule has 0 fully saturated rings. The van der Waals surface area contributed by atoms with Crippen molar-refractivity contribution in [1.82, 2.24) is 0 Å². The Labute approximate surface area is 185 Å². The Balaban J connectivity index is 1.67. The van der Waals surface area contributed by atoms with Crippen LogP contribution in [-0.4, -0.2) is 25.6 Å². The van der Waals surface area contributed by atoms with Gasteiger partial charge in [0.2, 0.25) is 0 Å². The highest BCUT2D eigenvalue weighted by molar-refractivity contribution is 8.13. The van der Waals surface area contributed by atoms with Gasteiger partial charge in [0.15, 0.2) is 16.7 Å². The highest BCUT2D eigenvalue weighted by Gasteiger charge is 2.07. The topological polar surface area (TPSA) is 69.2 Å². The molecule has 0 spiro atoms. The van der Waals surface area contributed by atoms with E-state index in [9.17, 15) is 0 Å². The van der Waals surface area contributed by atoms with Crippen molar-refractivity contribution >= 4 is 34.9 Å². The first-order valence-electron chi connectivity index (χ1n) is 9.21. The van der Waals surface area contributed by atoms with E-state index in [1.807, 2.05) is 60.7 Å². The zero-order valence-electron chi connectivity index (χ0n) is 16.8. The first kappa shape index (κ1) is 21.8. The summed E-state index contributed by atoms with van der Waals surface area (Å²) in [6.07, 6.45) is 1.72. The first-order chi connectivity index (χ1) is 14.7. The Morgan fingerprint density at radius 3 is 2.43 bits per heavy atom. The van der Waals surface area contributed by atoms with Crippen LogP contribution in [0, 0.1) is 0 Å². The maximum Gasteiger partial charge on any atom is 0.180 e. The molecule has 3 aromatic rings. The molecule has 5 nitrogen and oxygen atoms in total. The molecule has 0 saturated heterocycles. The van der Waals surface area contributed by atoms with Crippen LogP contribution in [0.4, 0.5) is 0 Å². The van der Waals surface area contributed by atoms with Crippen LogP contribution in [0.15, 0.2) is 92.8 Å². The number of hydrogen-bond donors (Lipinski definition) is 1. The molecule has 0 radical (unpaired) electrons. The summed E-state index contributed by atoms with van der Waals surface area (Å²) >= 11 is 3.08. The van der Waals surface area contributed by atoms with Crippen molar-refractivity contribution in [3.05, 3.63) is 83.9 Å². The Bertz CT molecular complexity index is 1020. The van der Waals surface area contributed by atoms with E-state index < -0.39 is 0 Å². The summed E-state index contributed by atoms with van der Waals surface area (Å²) in [6, 6.07) is 24.0. The van der Waals surface area contributed by atoms with Gasteiger partial charge in [-0.1, -0.05) is 72.1 Å². The van der Waals surface area contributed by atoms with Gasteiger partial charge in [0.25, 0.3) is 0 Å². The summed E-state index contributed by atoms with van der Waals surface area (Å²) in [4.78, 5) is 2.09. The number of methoxy groups -OCH3 is 2. The SMILES string of the molecule is COc1ccc(Sc2ccccc2C=NN=C(N)SCc2ccccc2)cc1OC. The maximum atomic E-state index is 5.97. The number of rotatable bonds is 8. The summed E-state index contributed by atoms with van der Waals surface area (Å²) in [5.74, 6) is 2.16. The number of thioether (sulfide) groups is 1. The Morgan fingerprint density at radius 1 is 0.933 bits per heavy atom. The fourth-order valence-electron chi connectivity index (χ4n) is 2.60. The molecule has 0 saturated carbocycles. The van der Waals surface area contributed by atoms with Crippen LogP contribution in [0.5, 0.6) is 11.5 Å². The van der Waals surface area contributed by atoms with Gasteiger partial charge in [-0.25, -0.2) is 0 Å². The first-order valence-corrected chi connectivity index (χ1v) is 11.0. The molecule has 0 atom stereocenters. The molecule has 30 heavy (non-hydrogen) atoms. The van der Waals surface area contributed by atoms with E-state index in [0.29, 0.717) is 16.7 Å². The fourth-order valence-corrected chi connectivity index (χ4v) is 4.15. The molecule has 0 amide bonds. The lowest BCUT2D eigenvalue weighted by atomic mass is 10.2. The number of nitrogens with two attached hydrogens (primary N) is 1. The molecule has 0 aromatic heterocycles. The second kappa shape index (κ2) is 11.3. The quantitative estimate of drug-likeness (QED) is 0.289.